The Kier molecular flexibility index (Phi) is 5.07. The lowest BCUT2D eigenvalue weighted by Crippen LogP contribution is -2.35. The number of benzene rings is 2. The van der Waals surface area contributed by atoms with Gasteiger partial charge in [-0.25, -0.2) is 4.39 Å². The zero-order valence-corrected chi connectivity index (χ0v) is 13.9. The van der Waals surface area contributed by atoms with Crippen molar-refractivity contribution in [3.8, 4) is 0 Å². The van der Waals surface area contributed by atoms with E-state index in [1.165, 1.54) is 16.5 Å². The highest BCUT2D eigenvalue weighted by Gasteiger charge is 2.12. The van der Waals surface area contributed by atoms with E-state index in [9.17, 15) is 4.39 Å². The third-order valence-corrected chi connectivity index (χ3v) is 4.21. The Morgan fingerprint density at radius 1 is 1.05 bits per heavy atom. The van der Waals surface area contributed by atoms with Crippen molar-refractivity contribution in [1.82, 2.24) is 5.32 Å². The van der Waals surface area contributed by atoms with Crippen LogP contribution in [0.4, 0.5) is 4.39 Å². The number of hydrogen-bond acceptors (Lipinski definition) is 2. The van der Waals surface area contributed by atoms with Crippen LogP contribution in [0.1, 0.15) is 31.9 Å². The van der Waals surface area contributed by atoms with Gasteiger partial charge in [-0.15, -0.1) is 0 Å². The van der Waals surface area contributed by atoms with Gasteiger partial charge >= 0.3 is 0 Å². The summed E-state index contributed by atoms with van der Waals surface area (Å²) in [6, 6.07) is 13.4. The largest absolute Gasteiger partial charge is 0.308 e. The molecule has 1 nitrogen and oxygen atoms in total. The molecule has 21 heavy (non-hydrogen) atoms. The molecule has 0 radical (unpaired) electrons. The molecule has 2 aromatic rings. The van der Waals surface area contributed by atoms with Crippen LogP contribution in [0.15, 0.2) is 52.3 Å². The van der Waals surface area contributed by atoms with E-state index >= 15 is 0 Å². The zero-order valence-electron chi connectivity index (χ0n) is 13.0. The molecule has 2 aromatic carbocycles. The third kappa shape index (κ3) is 5.18. The van der Waals surface area contributed by atoms with Crippen molar-refractivity contribution in [2.45, 2.75) is 49.6 Å². The van der Waals surface area contributed by atoms with Crippen LogP contribution in [-0.4, -0.2) is 5.54 Å². The van der Waals surface area contributed by atoms with Crippen LogP contribution in [0.3, 0.4) is 0 Å². The minimum Gasteiger partial charge on any atom is -0.308 e. The molecule has 2 rings (SSSR count). The number of halogens is 1. The van der Waals surface area contributed by atoms with Crippen molar-refractivity contribution >= 4 is 11.8 Å². The summed E-state index contributed by atoms with van der Waals surface area (Å²) in [5.74, 6) is -0.186. The van der Waals surface area contributed by atoms with Crippen LogP contribution >= 0.6 is 11.8 Å². The van der Waals surface area contributed by atoms with E-state index in [-0.39, 0.29) is 11.4 Å². The van der Waals surface area contributed by atoms with Gasteiger partial charge in [0.2, 0.25) is 0 Å². The molecule has 0 aliphatic carbocycles. The summed E-state index contributed by atoms with van der Waals surface area (Å²) >= 11 is 1.68. The quantitative estimate of drug-likeness (QED) is 0.836. The van der Waals surface area contributed by atoms with E-state index in [1.54, 1.807) is 17.8 Å². The molecular formula is C18H22FNS. The van der Waals surface area contributed by atoms with Crippen molar-refractivity contribution < 1.29 is 4.39 Å². The van der Waals surface area contributed by atoms with Crippen LogP contribution in [0.25, 0.3) is 0 Å². The Labute approximate surface area is 131 Å². The fourth-order valence-corrected chi connectivity index (χ4v) is 2.80. The Bertz CT molecular complexity index is 600. The Hall–Kier alpha value is -1.32. The van der Waals surface area contributed by atoms with Crippen molar-refractivity contribution in [3.05, 3.63) is 59.4 Å². The molecular weight excluding hydrogens is 281 g/mol. The third-order valence-electron chi connectivity index (χ3n) is 3.08. The number of nitrogens with one attached hydrogen (secondary N) is 1. The lowest BCUT2D eigenvalue weighted by molar-refractivity contribution is 0.422. The molecule has 0 heterocycles. The highest BCUT2D eigenvalue weighted by molar-refractivity contribution is 7.99. The number of rotatable bonds is 4. The van der Waals surface area contributed by atoms with Gasteiger partial charge < -0.3 is 5.32 Å². The Morgan fingerprint density at radius 3 is 2.33 bits per heavy atom. The molecule has 0 amide bonds. The molecule has 0 saturated heterocycles. The Balaban J connectivity index is 2.20. The molecule has 0 bridgehead atoms. The van der Waals surface area contributed by atoms with E-state index < -0.39 is 0 Å². The van der Waals surface area contributed by atoms with Crippen molar-refractivity contribution in [2.24, 2.45) is 0 Å². The highest BCUT2D eigenvalue weighted by Crippen LogP contribution is 2.31. The Morgan fingerprint density at radius 2 is 1.71 bits per heavy atom. The second-order valence-corrected chi connectivity index (χ2v) is 7.39. The first-order valence-electron chi connectivity index (χ1n) is 7.11. The van der Waals surface area contributed by atoms with Crippen molar-refractivity contribution in [3.63, 3.8) is 0 Å². The molecule has 0 aliphatic rings. The second kappa shape index (κ2) is 6.63. The van der Waals surface area contributed by atoms with Crippen LogP contribution < -0.4 is 5.32 Å². The smallest absolute Gasteiger partial charge is 0.123 e. The molecule has 0 aromatic heterocycles. The summed E-state index contributed by atoms with van der Waals surface area (Å²) in [6.07, 6.45) is 0. The fraction of sp³-hybridized carbons (Fsp3) is 0.333. The maximum Gasteiger partial charge on any atom is 0.123 e. The molecule has 0 fully saturated rings. The summed E-state index contributed by atoms with van der Waals surface area (Å²) in [4.78, 5) is 2.27. The zero-order chi connectivity index (χ0) is 15.5. The van der Waals surface area contributed by atoms with E-state index in [4.69, 9.17) is 0 Å². The summed E-state index contributed by atoms with van der Waals surface area (Å²) in [6.45, 7) is 9.07. The van der Waals surface area contributed by atoms with Gasteiger partial charge in [-0.05, 0) is 63.6 Å². The lowest BCUT2D eigenvalue weighted by atomic mass is 10.1. The SMILES string of the molecule is Cc1ccc(Sc2ccc(F)cc2CNC(C)(C)C)cc1. The van der Waals surface area contributed by atoms with Crippen LogP contribution in [0, 0.1) is 12.7 Å². The molecule has 112 valence electrons. The maximum absolute atomic E-state index is 13.5. The van der Waals surface area contributed by atoms with Gasteiger partial charge in [0.1, 0.15) is 5.82 Å². The predicted octanol–water partition coefficient (Wildman–Crippen LogP) is 5.17. The first kappa shape index (κ1) is 16.1. The fourth-order valence-electron chi connectivity index (χ4n) is 1.88. The van der Waals surface area contributed by atoms with Crippen LogP contribution in [0.5, 0.6) is 0 Å². The highest BCUT2D eigenvalue weighted by atomic mass is 32.2. The van der Waals surface area contributed by atoms with Gasteiger partial charge in [-0.3, -0.25) is 0 Å². The van der Waals surface area contributed by atoms with Gasteiger partial charge in [-0.2, -0.15) is 0 Å². The predicted molar refractivity (Wildman–Crippen MR) is 88.3 cm³/mol. The summed E-state index contributed by atoms with van der Waals surface area (Å²) in [5, 5.41) is 3.42. The standard InChI is InChI=1S/C18H22FNS/c1-13-5-8-16(9-6-13)21-17-10-7-15(19)11-14(17)12-20-18(2,3)4/h5-11,20H,12H2,1-4H3. The maximum atomic E-state index is 13.5. The van der Waals surface area contributed by atoms with E-state index in [1.807, 2.05) is 6.07 Å². The van der Waals surface area contributed by atoms with E-state index in [0.29, 0.717) is 6.54 Å². The first-order valence-corrected chi connectivity index (χ1v) is 7.93. The van der Waals surface area contributed by atoms with Gasteiger partial charge in [0.25, 0.3) is 0 Å². The molecule has 0 unspecified atom stereocenters. The molecule has 1 N–H and O–H groups in total. The van der Waals surface area contributed by atoms with Crippen LogP contribution in [-0.2, 0) is 6.54 Å². The number of hydrogen-bond donors (Lipinski definition) is 1. The monoisotopic (exact) mass is 303 g/mol. The molecule has 0 aliphatic heterocycles. The van der Waals surface area contributed by atoms with E-state index in [2.05, 4.69) is 57.3 Å². The average Bonchev–Trinajstić information content (AvgIpc) is 2.40. The molecule has 0 spiro atoms. The second-order valence-electron chi connectivity index (χ2n) is 6.27. The van der Waals surface area contributed by atoms with Gasteiger partial charge in [0.05, 0.1) is 0 Å². The summed E-state index contributed by atoms with van der Waals surface area (Å²) in [7, 11) is 0. The minimum atomic E-state index is -0.186. The summed E-state index contributed by atoms with van der Waals surface area (Å²) < 4.78 is 13.5. The molecule has 3 heteroatoms. The molecule has 0 atom stereocenters. The van der Waals surface area contributed by atoms with Gasteiger partial charge in [-0.1, -0.05) is 29.5 Å². The van der Waals surface area contributed by atoms with Crippen LogP contribution in [0.2, 0.25) is 0 Å². The normalized spacial score (nSPS) is 11.7. The molecule has 0 saturated carbocycles. The minimum absolute atomic E-state index is 0.0120. The number of aryl methyl sites for hydroxylation is 1. The lowest BCUT2D eigenvalue weighted by Gasteiger charge is -2.21. The topological polar surface area (TPSA) is 12.0 Å². The van der Waals surface area contributed by atoms with E-state index in [0.717, 1.165) is 10.5 Å². The van der Waals surface area contributed by atoms with Crippen molar-refractivity contribution in [1.29, 1.82) is 0 Å². The average molecular weight is 303 g/mol. The van der Waals surface area contributed by atoms with Gasteiger partial charge in [0, 0.05) is 21.9 Å². The first-order chi connectivity index (χ1) is 9.83. The summed E-state index contributed by atoms with van der Waals surface area (Å²) in [5.41, 5.74) is 2.25. The van der Waals surface area contributed by atoms with Gasteiger partial charge in [0.15, 0.2) is 0 Å². The van der Waals surface area contributed by atoms with Crippen molar-refractivity contribution in [2.75, 3.05) is 0 Å².